The Labute approximate surface area is 157 Å². The minimum atomic E-state index is -0.0929. The van der Waals surface area contributed by atoms with Crippen LogP contribution in [0, 0.1) is 11.3 Å². The third-order valence-corrected chi connectivity index (χ3v) is 5.03. The Morgan fingerprint density at radius 2 is 1.78 bits per heavy atom. The predicted octanol–water partition coefficient (Wildman–Crippen LogP) is 4.08. The van der Waals surface area contributed by atoms with Crippen LogP contribution in [0.25, 0.3) is 5.69 Å². The average molecular weight is 358 g/mol. The highest BCUT2D eigenvalue weighted by Gasteiger charge is 2.29. The van der Waals surface area contributed by atoms with Crippen LogP contribution in [-0.4, -0.2) is 24.6 Å². The molecule has 0 amide bonds. The molecule has 0 N–H and O–H groups in total. The number of ether oxygens (including phenoxy) is 2. The van der Waals surface area contributed by atoms with Gasteiger partial charge in [0.1, 0.15) is 0 Å². The fraction of sp³-hybridized carbons (Fsp3) is 0.182. The molecule has 27 heavy (non-hydrogen) atoms. The number of Topliss-reactive ketones (excluding diaryl/α,β-unsaturated/α-hetero) is 1. The van der Waals surface area contributed by atoms with Crippen molar-refractivity contribution in [2.75, 3.05) is 14.2 Å². The summed E-state index contributed by atoms with van der Waals surface area (Å²) in [6.07, 6.45) is 2.30. The quantitative estimate of drug-likeness (QED) is 0.707. The van der Waals surface area contributed by atoms with E-state index >= 15 is 0 Å². The van der Waals surface area contributed by atoms with E-state index in [-0.39, 0.29) is 11.7 Å². The van der Waals surface area contributed by atoms with E-state index in [4.69, 9.17) is 14.7 Å². The summed E-state index contributed by atoms with van der Waals surface area (Å²) >= 11 is 0. The molecule has 2 aromatic carbocycles. The van der Waals surface area contributed by atoms with Gasteiger partial charge in [0.05, 0.1) is 31.5 Å². The van der Waals surface area contributed by atoms with Crippen molar-refractivity contribution in [1.82, 2.24) is 4.57 Å². The van der Waals surface area contributed by atoms with E-state index in [1.807, 2.05) is 41.1 Å². The molecule has 0 fully saturated rings. The summed E-state index contributed by atoms with van der Waals surface area (Å²) in [6.45, 7) is 0. The summed E-state index contributed by atoms with van der Waals surface area (Å²) in [5.41, 5.74) is 4.04. The number of carbonyl (C=O) groups excluding carboxylic acids is 1. The van der Waals surface area contributed by atoms with Gasteiger partial charge in [0, 0.05) is 35.9 Å². The topological polar surface area (TPSA) is 64.2 Å². The number of nitrogens with zero attached hydrogens (tertiary/aromatic N) is 2. The van der Waals surface area contributed by atoms with E-state index in [1.165, 1.54) is 0 Å². The Hall–Kier alpha value is -3.52. The van der Waals surface area contributed by atoms with Crippen molar-refractivity contribution in [3.05, 3.63) is 77.1 Å². The SMILES string of the molecule is COc1cc2c(cc1OC)-n1cccc1[C@H](c1ccc(C#N)cc1)CC2=O. The number of ketones is 1. The van der Waals surface area contributed by atoms with Crippen LogP contribution < -0.4 is 9.47 Å². The maximum absolute atomic E-state index is 13.1. The van der Waals surface area contributed by atoms with Crippen LogP contribution in [0.5, 0.6) is 11.5 Å². The molecule has 1 aliphatic heterocycles. The second-order valence-electron chi connectivity index (χ2n) is 6.44. The lowest BCUT2D eigenvalue weighted by molar-refractivity contribution is 0.0979. The van der Waals surface area contributed by atoms with Crippen molar-refractivity contribution < 1.29 is 14.3 Å². The summed E-state index contributed by atoms with van der Waals surface area (Å²) < 4.78 is 12.8. The Bertz CT molecular complexity index is 1060. The molecule has 134 valence electrons. The normalized spacial score (nSPS) is 15.3. The first-order valence-corrected chi connectivity index (χ1v) is 8.63. The smallest absolute Gasteiger partial charge is 0.166 e. The molecule has 1 aromatic heterocycles. The minimum Gasteiger partial charge on any atom is -0.493 e. The van der Waals surface area contributed by atoms with Crippen molar-refractivity contribution in [3.63, 3.8) is 0 Å². The van der Waals surface area contributed by atoms with Crippen molar-refractivity contribution in [1.29, 1.82) is 5.26 Å². The Balaban J connectivity index is 1.89. The number of hydrogen-bond donors (Lipinski definition) is 0. The van der Waals surface area contributed by atoms with Gasteiger partial charge in [-0.15, -0.1) is 0 Å². The molecule has 0 aliphatic carbocycles. The van der Waals surface area contributed by atoms with Crippen LogP contribution in [0.1, 0.15) is 39.5 Å². The average Bonchev–Trinajstić information content (AvgIpc) is 3.16. The zero-order valence-corrected chi connectivity index (χ0v) is 15.1. The van der Waals surface area contributed by atoms with Crippen LogP contribution in [0.3, 0.4) is 0 Å². The van der Waals surface area contributed by atoms with Gasteiger partial charge >= 0.3 is 0 Å². The van der Waals surface area contributed by atoms with Gasteiger partial charge in [-0.3, -0.25) is 4.79 Å². The maximum atomic E-state index is 13.1. The summed E-state index contributed by atoms with van der Waals surface area (Å²) in [5.74, 6) is 1.07. The van der Waals surface area contributed by atoms with Gasteiger partial charge in [0.25, 0.3) is 0 Å². The highest BCUT2D eigenvalue weighted by molar-refractivity contribution is 6.01. The molecule has 5 heteroatoms. The molecule has 0 unspecified atom stereocenters. The summed E-state index contributed by atoms with van der Waals surface area (Å²) in [7, 11) is 3.14. The third kappa shape index (κ3) is 2.76. The number of aromatic nitrogens is 1. The number of methoxy groups -OCH3 is 2. The van der Waals surface area contributed by atoms with Crippen molar-refractivity contribution in [3.8, 4) is 23.3 Å². The first kappa shape index (κ1) is 16.9. The maximum Gasteiger partial charge on any atom is 0.166 e. The van der Waals surface area contributed by atoms with E-state index in [9.17, 15) is 4.79 Å². The fourth-order valence-corrected chi connectivity index (χ4v) is 3.67. The molecule has 3 aromatic rings. The number of carbonyl (C=O) groups is 1. The van der Waals surface area contributed by atoms with Gasteiger partial charge in [0.2, 0.25) is 0 Å². The largest absolute Gasteiger partial charge is 0.493 e. The molecule has 5 nitrogen and oxygen atoms in total. The lowest BCUT2D eigenvalue weighted by Gasteiger charge is -2.17. The number of nitriles is 1. The van der Waals surface area contributed by atoms with E-state index in [0.717, 1.165) is 16.9 Å². The van der Waals surface area contributed by atoms with Gasteiger partial charge in [-0.05, 0) is 35.9 Å². The van der Waals surface area contributed by atoms with Crippen molar-refractivity contribution in [2.45, 2.75) is 12.3 Å². The lowest BCUT2D eigenvalue weighted by atomic mass is 9.89. The standard InChI is InChI=1S/C22H18N2O3/c1-26-21-11-17-19(12-22(21)27-2)24-9-3-4-18(24)16(10-20(17)25)15-7-5-14(13-23)6-8-15/h3-9,11-12,16H,10H2,1-2H3/t16-/m0/s1. The molecule has 2 heterocycles. The second kappa shape index (κ2) is 6.65. The molecular weight excluding hydrogens is 340 g/mol. The van der Waals surface area contributed by atoms with Crippen LogP contribution >= 0.6 is 0 Å². The number of fused-ring (bicyclic) bond motifs is 3. The van der Waals surface area contributed by atoms with E-state index in [2.05, 4.69) is 6.07 Å². The zero-order chi connectivity index (χ0) is 19.0. The molecule has 0 radical (unpaired) electrons. The number of benzene rings is 2. The molecule has 0 spiro atoms. The highest BCUT2D eigenvalue weighted by atomic mass is 16.5. The summed E-state index contributed by atoms with van der Waals surface area (Å²) in [5, 5.41) is 9.04. The molecule has 0 saturated carbocycles. The molecule has 1 aliphatic rings. The molecule has 0 saturated heterocycles. The Morgan fingerprint density at radius 3 is 2.44 bits per heavy atom. The van der Waals surface area contributed by atoms with Gasteiger partial charge < -0.3 is 14.0 Å². The van der Waals surface area contributed by atoms with Crippen LogP contribution in [0.2, 0.25) is 0 Å². The molecular formula is C22H18N2O3. The van der Waals surface area contributed by atoms with Gasteiger partial charge in [-0.25, -0.2) is 0 Å². The molecule has 0 bridgehead atoms. The number of hydrogen-bond acceptors (Lipinski definition) is 4. The zero-order valence-electron chi connectivity index (χ0n) is 15.1. The lowest BCUT2D eigenvalue weighted by Crippen LogP contribution is -2.07. The van der Waals surface area contributed by atoms with Gasteiger partial charge in [-0.1, -0.05) is 12.1 Å². The first-order valence-electron chi connectivity index (χ1n) is 8.63. The highest BCUT2D eigenvalue weighted by Crippen LogP contribution is 2.40. The van der Waals surface area contributed by atoms with E-state index in [0.29, 0.717) is 29.0 Å². The van der Waals surface area contributed by atoms with Crippen LogP contribution in [0.4, 0.5) is 0 Å². The molecule has 4 rings (SSSR count). The third-order valence-electron chi connectivity index (χ3n) is 5.03. The van der Waals surface area contributed by atoms with Crippen molar-refractivity contribution in [2.24, 2.45) is 0 Å². The Kier molecular flexibility index (Phi) is 4.17. The second-order valence-corrected chi connectivity index (χ2v) is 6.44. The van der Waals surface area contributed by atoms with E-state index in [1.54, 1.807) is 32.4 Å². The summed E-state index contributed by atoms with van der Waals surface area (Å²) in [6, 6.07) is 17.2. The predicted molar refractivity (Wildman–Crippen MR) is 101 cm³/mol. The van der Waals surface area contributed by atoms with Crippen LogP contribution in [-0.2, 0) is 0 Å². The monoisotopic (exact) mass is 358 g/mol. The van der Waals surface area contributed by atoms with Crippen molar-refractivity contribution >= 4 is 5.78 Å². The van der Waals surface area contributed by atoms with Gasteiger partial charge in [-0.2, -0.15) is 5.26 Å². The fourth-order valence-electron chi connectivity index (χ4n) is 3.67. The van der Waals surface area contributed by atoms with Gasteiger partial charge in [0.15, 0.2) is 17.3 Å². The Morgan fingerprint density at radius 1 is 1.07 bits per heavy atom. The first-order chi connectivity index (χ1) is 13.2. The molecule has 1 atom stereocenters. The number of rotatable bonds is 3. The van der Waals surface area contributed by atoms with Crippen LogP contribution in [0.15, 0.2) is 54.7 Å². The summed E-state index contributed by atoms with van der Waals surface area (Å²) in [4.78, 5) is 13.1. The van der Waals surface area contributed by atoms with E-state index < -0.39 is 0 Å². The minimum absolute atomic E-state index is 0.0454.